The van der Waals surface area contributed by atoms with Crippen molar-refractivity contribution in [2.75, 3.05) is 13.7 Å². The van der Waals surface area contributed by atoms with Gasteiger partial charge in [0.25, 0.3) is 5.91 Å². The molecular weight excluding hydrogens is 234 g/mol. The summed E-state index contributed by atoms with van der Waals surface area (Å²) in [6, 6.07) is 1.43. The smallest absolute Gasteiger partial charge is 0.280 e. The molecule has 3 N–H and O–H groups in total. The van der Waals surface area contributed by atoms with Crippen LogP contribution >= 0.6 is 11.6 Å². The van der Waals surface area contributed by atoms with Crippen LogP contribution in [0.15, 0.2) is 12.3 Å². The molecule has 0 spiro atoms. The molecule has 0 unspecified atom stereocenters. The molecule has 0 atom stereocenters. The molecule has 7 heteroatoms. The molecule has 6 nitrogen and oxygen atoms in total. The molecular formula is C9H10ClN3O3. The molecule has 86 valence electrons. The number of amides is 2. The van der Waals surface area contributed by atoms with E-state index in [0.717, 1.165) is 0 Å². The lowest BCUT2D eigenvalue weighted by molar-refractivity contribution is -0.118. The molecule has 0 saturated carbocycles. The van der Waals surface area contributed by atoms with E-state index in [-0.39, 0.29) is 18.0 Å². The van der Waals surface area contributed by atoms with Crippen LogP contribution in [0.1, 0.15) is 10.5 Å². The third-order valence-corrected chi connectivity index (χ3v) is 1.90. The SMILES string of the molecule is COc1cc(Cl)cnc1C(=O)NC(=O)CN. The Hall–Kier alpha value is -1.66. The fraction of sp³-hybridized carbons (Fsp3) is 0.222. The number of rotatable bonds is 3. The summed E-state index contributed by atoms with van der Waals surface area (Å²) in [6.07, 6.45) is 1.28. The van der Waals surface area contributed by atoms with Gasteiger partial charge in [-0.2, -0.15) is 0 Å². The molecule has 1 heterocycles. The highest BCUT2D eigenvalue weighted by Crippen LogP contribution is 2.20. The van der Waals surface area contributed by atoms with E-state index in [0.29, 0.717) is 5.02 Å². The number of nitrogens with one attached hydrogen (secondary N) is 1. The fourth-order valence-corrected chi connectivity index (χ4v) is 1.13. The van der Waals surface area contributed by atoms with Crippen molar-refractivity contribution < 1.29 is 14.3 Å². The highest BCUT2D eigenvalue weighted by Gasteiger charge is 2.16. The number of nitrogens with two attached hydrogens (primary N) is 1. The second kappa shape index (κ2) is 5.43. The second-order valence-corrected chi connectivity index (χ2v) is 3.22. The largest absolute Gasteiger partial charge is 0.494 e. The minimum absolute atomic E-state index is 0.0197. The minimum atomic E-state index is -0.677. The number of carbonyl (C=O) groups excluding carboxylic acids is 2. The van der Waals surface area contributed by atoms with E-state index in [9.17, 15) is 9.59 Å². The summed E-state index contributed by atoms with van der Waals surface area (Å²) in [5, 5.41) is 2.38. The summed E-state index contributed by atoms with van der Waals surface area (Å²) in [4.78, 5) is 26.2. The molecule has 0 radical (unpaired) electrons. The number of ether oxygens (including phenoxy) is 1. The number of carbonyl (C=O) groups is 2. The summed E-state index contributed by atoms with van der Waals surface area (Å²) in [5.41, 5.74) is 5.04. The summed E-state index contributed by atoms with van der Waals surface area (Å²) in [5.74, 6) is -1.08. The molecule has 2 amide bonds. The lowest BCUT2D eigenvalue weighted by Crippen LogP contribution is -2.36. The van der Waals surface area contributed by atoms with Crippen LogP contribution in [0.2, 0.25) is 5.02 Å². The number of halogens is 1. The van der Waals surface area contributed by atoms with Crippen molar-refractivity contribution in [3.63, 3.8) is 0 Å². The van der Waals surface area contributed by atoms with E-state index < -0.39 is 11.8 Å². The van der Waals surface area contributed by atoms with Crippen molar-refractivity contribution in [1.29, 1.82) is 0 Å². The highest BCUT2D eigenvalue weighted by molar-refractivity contribution is 6.30. The zero-order valence-electron chi connectivity index (χ0n) is 8.49. The van der Waals surface area contributed by atoms with Crippen LogP contribution in [0, 0.1) is 0 Å². The van der Waals surface area contributed by atoms with Crippen LogP contribution in [0.25, 0.3) is 0 Å². The topological polar surface area (TPSA) is 94.3 Å². The highest BCUT2D eigenvalue weighted by atomic mass is 35.5. The first kappa shape index (κ1) is 12.4. The molecule has 0 saturated heterocycles. The van der Waals surface area contributed by atoms with Gasteiger partial charge in [0, 0.05) is 12.3 Å². The number of hydrogen-bond donors (Lipinski definition) is 2. The Bertz CT molecular complexity index is 422. The lowest BCUT2D eigenvalue weighted by atomic mass is 10.3. The van der Waals surface area contributed by atoms with Crippen molar-refractivity contribution >= 4 is 23.4 Å². The van der Waals surface area contributed by atoms with Crippen molar-refractivity contribution in [3.8, 4) is 5.75 Å². The number of pyridine rings is 1. The van der Waals surface area contributed by atoms with E-state index in [1.54, 1.807) is 0 Å². The van der Waals surface area contributed by atoms with Gasteiger partial charge in [0.1, 0.15) is 0 Å². The Kier molecular flexibility index (Phi) is 4.21. The van der Waals surface area contributed by atoms with Gasteiger partial charge in [0.2, 0.25) is 5.91 Å². The molecule has 0 aliphatic rings. The van der Waals surface area contributed by atoms with E-state index in [4.69, 9.17) is 22.1 Å². The van der Waals surface area contributed by atoms with Crippen molar-refractivity contribution in [2.45, 2.75) is 0 Å². The average molecular weight is 244 g/mol. The predicted molar refractivity (Wildman–Crippen MR) is 57.3 cm³/mol. The molecule has 0 aromatic carbocycles. The summed E-state index contributed by atoms with van der Waals surface area (Å²) in [7, 11) is 1.37. The third-order valence-electron chi connectivity index (χ3n) is 1.69. The standard InChI is InChI=1S/C9H10ClN3O3/c1-16-6-2-5(10)4-12-8(6)9(15)13-7(14)3-11/h2,4H,3,11H2,1H3,(H,13,14,15). The summed E-state index contributed by atoms with van der Waals surface area (Å²) in [6.45, 7) is -0.276. The predicted octanol–water partition coefficient (Wildman–Crippen LogP) is -0.0413. The molecule has 16 heavy (non-hydrogen) atoms. The Balaban J connectivity index is 2.94. The van der Waals surface area contributed by atoms with Gasteiger partial charge in [0.15, 0.2) is 11.4 Å². The maximum Gasteiger partial charge on any atom is 0.280 e. The molecule has 1 aromatic rings. The first-order valence-corrected chi connectivity index (χ1v) is 4.70. The lowest BCUT2D eigenvalue weighted by Gasteiger charge is -2.07. The Morgan fingerprint density at radius 1 is 1.62 bits per heavy atom. The Morgan fingerprint density at radius 3 is 2.88 bits per heavy atom. The first-order chi connectivity index (χ1) is 7.58. The quantitative estimate of drug-likeness (QED) is 0.777. The fourth-order valence-electron chi connectivity index (χ4n) is 0.984. The van der Waals surface area contributed by atoms with Crippen LogP contribution in [-0.2, 0) is 4.79 Å². The molecule has 1 rings (SSSR count). The van der Waals surface area contributed by atoms with Gasteiger partial charge in [-0.1, -0.05) is 11.6 Å². The van der Waals surface area contributed by atoms with Crippen LogP contribution in [0.3, 0.4) is 0 Å². The second-order valence-electron chi connectivity index (χ2n) is 2.79. The van der Waals surface area contributed by atoms with Crippen molar-refractivity contribution in [1.82, 2.24) is 10.3 Å². The van der Waals surface area contributed by atoms with Crippen molar-refractivity contribution in [3.05, 3.63) is 23.0 Å². The van der Waals surface area contributed by atoms with E-state index in [2.05, 4.69) is 10.3 Å². The minimum Gasteiger partial charge on any atom is -0.494 e. The number of methoxy groups -OCH3 is 1. The number of nitrogens with zero attached hydrogens (tertiary/aromatic N) is 1. The van der Waals surface area contributed by atoms with Crippen LogP contribution in [0.5, 0.6) is 5.75 Å². The van der Waals surface area contributed by atoms with Crippen LogP contribution in [0.4, 0.5) is 0 Å². The zero-order chi connectivity index (χ0) is 12.1. The van der Waals surface area contributed by atoms with Gasteiger partial charge in [-0.25, -0.2) is 4.98 Å². The van der Waals surface area contributed by atoms with Crippen molar-refractivity contribution in [2.24, 2.45) is 5.73 Å². The number of hydrogen-bond acceptors (Lipinski definition) is 5. The maximum atomic E-state index is 11.5. The van der Waals surface area contributed by atoms with Crippen LogP contribution < -0.4 is 15.8 Å². The van der Waals surface area contributed by atoms with Gasteiger partial charge in [0.05, 0.1) is 18.7 Å². The molecule has 0 fully saturated rings. The van der Waals surface area contributed by atoms with Gasteiger partial charge in [-0.3, -0.25) is 14.9 Å². The molecule has 1 aromatic heterocycles. The molecule has 0 aliphatic heterocycles. The summed E-state index contributed by atoms with van der Waals surface area (Å²) < 4.78 is 4.91. The van der Waals surface area contributed by atoms with Gasteiger partial charge >= 0.3 is 0 Å². The first-order valence-electron chi connectivity index (χ1n) is 4.32. The zero-order valence-corrected chi connectivity index (χ0v) is 9.25. The number of aromatic nitrogens is 1. The van der Waals surface area contributed by atoms with E-state index in [1.165, 1.54) is 19.4 Å². The summed E-state index contributed by atoms with van der Waals surface area (Å²) >= 11 is 5.67. The van der Waals surface area contributed by atoms with Crippen LogP contribution in [-0.4, -0.2) is 30.5 Å². The maximum absolute atomic E-state index is 11.5. The molecule has 0 bridgehead atoms. The van der Waals surface area contributed by atoms with E-state index >= 15 is 0 Å². The average Bonchev–Trinajstić information content (AvgIpc) is 2.28. The van der Waals surface area contributed by atoms with Gasteiger partial charge in [-0.05, 0) is 0 Å². The van der Waals surface area contributed by atoms with Gasteiger partial charge in [-0.15, -0.1) is 0 Å². The van der Waals surface area contributed by atoms with Gasteiger partial charge < -0.3 is 10.5 Å². The monoisotopic (exact) mass is 243 g/mol. The third kappa shape index (κ3) is 2.91. The molecule has 0 aliphatic carbocycles. The Labute approximate surface area is 96.7 Å². The van der Waals surface area contributed by atoms with E-state index in [1.807, 2.05) is 0 Å². The normalized spacial score (nSPS) is 9.69. The number of imide groups is 1. The Morgan fingerprint density at radius 2 is 2.31 bits per heavy atom.